The molecule has 112 valence electrons. The molecule has 0 bridgehead atoms. The summed E-state index contributed by atoms with van der Waals surface area (Å²) in [6.45, 7) is 1.14. The van der Waals surface area contributed by atoms with Gasteiger partial charge in [-0.1, -0.05) is 49.6 Å². The Balaban J connectivity index is 2.00. The van der Waals surface area contributed by atoms with Crippen molar-refractivity contribution in [2.45, 2.75) is 63.1 Å². The van der Waals surface area contributed by atoms with Crippen LogP contribution in [0.25, 0.3) is 0 Å². The molecular formula is C18H24N2S. The number of hydrogen-bond acceptors (Lipinski definition) is 3. The van der Waals surface area contributed by atoms with Crippen molar-refractivity contribution in [3.05, 3.63) is 35.9 Å². The van der Waals surface area contributed by atoms with E-state index in [0.29, 0.717) is 0 Å². The first-order valence-corrected chi connectivity index (χ1v) is 8.67. The van der Waals surface area contributed by atoms with Gasteiger partial charge in [-0.3, -0.25) is 4.90 Å². The maximum Gasteiger partial charge on any atom is 0.113 e. The van der Waals surface area contributed by atoms with E-state index in [4.69, 9.17) is 12.2 Å². The van der Waals surface area contributed by atoms with Gasteiger partial charge in [-0.05, 0) is 49.9 Å². The Morgan fingerprint density at radius 1 is 1.05 bits per heavy atom. The van der Waals surface area contributed by atoms with Crippen LogP contribution < -0.4 is 0 Å². The average molecular weight is 300 g/mol. The summed E-state index contributed by atoms with van der Waals surface area (Å²) in [7, 11) is 0. The predicted octanol–water partition coefficient (Wildman–Crippen LogP) is 4.76. The Bertz CT molecular complexity index is 501. The van der Waals surface area contributed by atoms with E-state index in [0.717, 1.165) is 13.0 Å². The number of hydrogen-bond donors (Lipinski definition) is 0. The maximum absolute atomic E-state index is 4.90. The van der Waals surface area contributed by atoms with E-state index in [1.54, 1.807) is 0 Å². The largest absolute Gasteiger partial charge is 0.271 e. The lowest BCUT2D eigenvalue weighted by molar-refractivity contribution is -0.00897. The second kappa shape index (κ2) is 6.83. The molecule has 3 rings (SSSR count). The van der Waals surface area contributed by atoms with E-state index in [2.05, 4.69) is 45.4 Å². The van der Waals surface area contributed by atoms with Gasteiger partial charge in [-0.15, -0.1) is 0 Å². The van der Waals surface area contributed by atoms with Crippen molar-refractivity contribution < 1.29 is 0 Å². The maximum atomic E-state index is 4.90. The normalized spacial score (nSPS) is 26.0. The SMILES string of the molecule is S=C=NC1CCCCN1C1(c2ccccc2)CCCCC1. The van der Waals surface area contributed by atoms with Crippen LogP contribution in [-0.2, 0) is 5.54 Å². The summed E-state index contributed by atoms with van der Waals surface area (Å²) in [5, 5.41) is 2.64. The van der Waals surface area contributed by atoms with Gasteiger partial charge in [0.25, 0.3) is 0 Å². The molecule has 1 aliphatic carbocycles. The third-order valence-corrected chi connectivity index (χ3v) is 5.32. The molecule has 0 N–H and O–H groups in total. The van der Waals surface area contributed by atoms with Gasteiger partial charge in [0.15, 0.2) is 0 Å². The van der Waals surface area contributed by atoms with Gasteiger partial charge in [-0.25, -0.2) is 4.99 Å². The van der Waals surface area contributed by atoms with Gasteiger partial charge < -0.3 is 0 Å². The summed E-state index contributed by atoms with van der Waals surface area (Å²) < 4.78 is 0. The van der Waals surface area contributed by atoms with E-state index in [-0.39, 0.29) is 11.7 Å². The van der Waals surface area contributed by atoms with Crippen LogP contribution in [0.1, 0.15) is 56.9 Å². The monoisotopic (exact) mass is 300 g/mol. The number of isothiocyanates is 1. The fourth-order valence-corrected chi connectivity index (χ4v) is 4.36. The number of benzene rings is 1. The van der Waals surface area contributed by atoms with E-state index in [9.17, 15) is 0 Å². The van der Waals surface area contributed by atoms with E-state index in [1.807, 2.05) is 0 Å². The zero-order valence-electron chi connectivity index (χ0n) is 12.6. The number of thiocarbonyl (C=S) groups is 1. The predicted molar refractivity (Wildman–Crippen MR) is 90.6 cm³/mol. The van der Waals surface area contributed by atoms with Gasteiger partial charge in [-0.2, -0.15) is 0 Å². The van der Waals surface area contributed by atoms with Gasteiger partial charge >= 0.3 is 0 Å². The molecule has 1 aromatic carbocycles. The van der Waals surface area contributed by atoms with Gasteiger partial charge in [0, 0.05) is 12.1 Å². The van der Waals surface area contributed by atoms with Crippen molar-refractivity contribution in [2.75, 3.05) is 6.54 Å². The standard InChI is InChI=1S/C18H24N2S/c21-15-19-17-11-5-8-14-20(17)18(12-6-2-7-13-18)16-9-3-1-4-10-16/h1,3-4,9-10,17H,2,5-8,11-14H2. The summed E-state index contributed by atoms with van der Waals surface area (Å²) >= 11 is 4.90. The number of rotatable bonds is 3. The Labute approximate surface area is 133 Å². The number of nitrogens with zero attached hydrogens (tertiary/aromatic N) is 2. The van der Waals surface area contributed by atoms with E-state index in [1.165, 1.54) is 50.5 Å². The summed E-state index contributed by atoms with van der Waals surface area (Å²) in [4.78, 5) is 7.14. The first-order chi connectivity index (χ1) is 10.4. The van der Waals surface area contributed by atoms with Crippen molar-refractivity contribution in [1.29, 1.82) is 0 Å². The van der Waals surface area contributed by atoms with E-state index >= 15 is 0 Å². The fourth-order valence-electron chi connectivity index (χ4n) is 4.24. The molecule has 1 saturated carbocycles. The molecule has 2 fully saturated rings. The number of likely N-dealkylation sites (tertiary alicyclic amines) is 1. The molecule has 1 aliphatic heterocycles. The van der Waals surface area contributed by atoms with Crippen LogP contribution in [0.5, 0.6) is 0 Å². The number of aliphatic imine (C=N–C) groups is 1. The molecule has 0 amide bonds. The molecule has 0 radical (unpaired) electrons. The van der Waals surface area contributed by atoms with Crippen molar-refractivity contribution in [1.82, 2.24) is 4.90 Å². The minimum absolute atomic E-state index is 0.167. The zero-order valence-corrected chi connectivity index (χ0v) is 13.4. The molecule has 1 unspecified atom stereocenters. The third kappa shape index (κ3) is 2.96. The van der Waals surface area contributed by atoms with Gasteiger partial charge in [0.2, 0.25) is 0 Å². The van der Waals surface area contributed by atoms with Gasteiger partial charge in [0.05, 0.1) is 5.16 Å². The summed E-state index contributed by atoms with van der Waals surface area (Å²) in [5.74, 6) is 0. The Hall–Kier alpha value is -1.02. The molecule has 21 heavy (non-hydrogen) atoms. The molecule has 1 heterocycles. The number of piperidine rings is 1. The molecule has 0 aromatic heterocycles. The first-order valence-electron chi connectivity index (χ1n) is 8.26. The lowest BCUT2D eigenvalue weighted by Gasteiger charge is -2.51. The minimum atomic E-state index is 0.167. The second-order valence-electron chi connectivity index (χ2n) is 6.35. The van der Waals surface area contributed by atoms with Crippen molar-refractivity contribution in [2.24, 2.45) is 4.99 Å². The van der Waals surface area contributed by atoms with Crippen LogP contribution in [0.4, 0.5) is 0 Å². The first kappa shape index (κ1) is 14.9. The lowest BCUT2D eigenvalue weighted by atomic mass is 9.74. The van der Waals surface area contributed by atoms with Crippen LogP contribution >= 0.6 is 12.2 Å². The molecule has 0 spiro atoms. The molecule has 2 nitrogen and oxygen atoms in total. The molecule has 3 heteroatoms. The van der Waals surface area contributed by atoms with Crippen LogP contribution in [0.15, 0.2) is 35.3 Å². The Morgan fingerprint density at radius 3 is 2.52 bits per heavy atom. The Kier molecular flexibility index (Phi) is 4.84. The molecule has 1 saturated heterocycles. The minimum Gasteiger partial charge on any atom is -0.271 e. The van der Waals surface area contributed by atoms with Gasteiger partial charge in [0.1, 0.15) is 6.17 Å². The average Bonchev–Trinajstić information content (AvgIpc) is 2.57. The highest BCUT2D eigenvalue weighted by Gasteiger charge is 2.43. The fraction of sp³-hybridized carbons (Fsp3) is 0.611. The highest BCUT2D eigenvalue weighted by atomic mass is 32.1. The zero-order chi connectivity index (χ0) is 14.5. The summed E-state index contributed by atoms with van der Waals surface area (Å²) in [5.41, 5.74) is 1.64. The smallest absolute Gasteiger partial charge is 0.113 e. The Morgan fingerprint density at radius 2 is 1.81 bits per heavy atom. The van der Waals surface area contributed by atoms with Crippen molar-refractivity contribution in [3.63, 3.8) is 0 Å². The molecular weight excluding hydrogens is 276 g/mol. The van der Waals surface area contributed by atoms with Crippen LogP contribution in [-0.4, -0.2) is 22.8 Å². The van der Waals surface area contributed by atoms with Crippen molar-refractivity contribution >= 4 is 17.4 Å². The third-order valence-electron chi connectivity index (χ3n) is 5.21. The summed E-state index contributed by atoms with van der Waals surface area (Å²) in [6.07, 6.45) is 10.4. The molecule has 2 aliphatic rings. The topological polar surface area (TPSA) is 15.6 Å². The van der Waals surface area contributed by atoms with Crippen LogP contribution in [0.3, 0.4) is 0 Å². The van der Waals surface area contributed by atoms with E-state index < -0.39 is 0 Å². The highest BCUT2D eigenvalue weighted by Crippen LogP contribution is 2.45. The van der Waals surface area contributed by atoms with Crippen LogP contribution in [0, 0.1) is 0 Å². The summed E-state index contributed by atoms with van der Waals surface area (Å²) in [6, 6.07) is 11.1. The van der Waals surface area contributed by atoms with Crippen LogP contribution in [0.2, 0.25) is 0 Å². The highest BCUT2D eigenvalue weighted by molar-refractivity contribution is 7.78. The lowest BCUT2D eigenvalue weighted by Crippen LogP contribution is -2.53. The molecule has 1 aromatic rings. The second-order valence-corrected chi connectivity index (χ2v) is 6.53. The molecule has 1 atom stereocenters. The van der Waals surface area contributed by atoms with Crippen molar-refractivity contribution in [3.8, 4) is 0 Å². The quantitative estimate of drug-likeness (QED) is 0.591.